The first kappa shape index (κ1) is 14.3. The third kappa shape index (κ3) is 3.01. The highest BCUT2D eigenvalue weighted by molar-refractivity contribution is 5.81. The lowest BCUT2D eigenvalue weighted by Crippen LogP contribution is -2.28. The molecule has 1 atom stereocenters. The van der Waals surface area contributed by atoms with Gasteiger partial charge in [0, 0.05) is 31.1 Å². The van der Waals surface area contributed by atoms with E-state index in [2.05, 4.69) is 30.0 Å². The third-order valence-corrected chi connectivity index (χ3v) is 4.33. The Balaban J connectivity index is 1.87. The molecular formula is C17H23N3O. The van der Waals surface area contributed by atoms with Gasteiger partial charge >= 0.3 is 0 Å². The van der Waals surface area contributed by atoms with Crippen molar-refractivity contribution >= 4 is 16.7 Å². The molecule has 0 radical (unpaired) electrons. The normalized spacial score (nSPS) is 19.3. The monoisotopic (exact) mass is 285 g/mol. The van der Waals surface area contributed by atoms with Crippen molar-refractivity contribution in [1.82, 2.24) is 9.88 Å². The molecule has 1 aromatic carbocycles. The summed E-state index contributed by atoms with van der Waals surface area (Å²) in [4.78, 5) is 9.33. The van der Waals surface area contributed by atoms with Crippen LogP contribution >= 0.6 is 0 Å². The van der Waals surface area contributed by atoms with E-state index in [0.29, 0.717) is 5.92 Å². The van der Waals surface area contributed by atoms with E-state index in [1.165, 1.54) is 13.0 Å². The van der Waals surface area contributed by atoms with E-state index in [-0.39, 0.29) is 6.61 Å². The maximum absolute atomic E-state index is 9.65. The van der Waals surface area contributed by atoms with Gasteiger partial charge in [-0.05, 0) is 38.1 Å². The van der Waals surface area contributed by atoms with Crippen LogP contribution in [0.15, 0.2) is 30.3 Å². The Labute approximate surface area is 126 Å². The predicted octanol–water partition coefficient (Wildman–Crippen LogP) is 2.12. The Morgan fingerprint density at radius 2 is 2.19 bits per heavy atom. The van der Waals surface area contributed by atoms with Crippen molar-refractivity contribution in [3.05, 3.63) is 35.9 Å². The number of rotatable bonds is 4. The zero-order valence-corrected chi connectivity index (χ0v) is 12.8. The standard InChI is InChI=1S/C17H23N3O/c1-19-8-7-13(10-19)11-20(2)17-15(12-21)9-14-5-3-4-6-16(14)18-17/h3-6,9,13,21H,7-8,10-12H2,1-2H3. The number of aliphatic hydroxyl groups is 1. The lowest BCUT2D eigenvalue weighted by atomic mass is 10.1. The van der Waals surface area contributed by atoms with E-state index < -0.39 is 0 Å². The highest BCUT2D eigenvalue weighted by Gasteiger charge is 2.22. The lowest BCUT2D eigenvalue weighted by molar-refractivity contribution is 0.281. The Hall–Kier alpha value is -1.65. The van der Waals surface area contributed by atoms with E-state index in [0.717, 1.165) is 35.4 Å². The Bertz CT molecular complexity index is 628. The second kappa shape index (κ2) is 6.00. The van der Waals surface area contributed by atoms with Gasteiger partial charge in [0.05, 0.1) is 12.1 Å². The number of nitrogens with zero attached hydrogens (tertiary/aromatic N) is 3. The SMILES string of the molecule is CN1CCC(CN(C)c2nc3ccccc3cc2CO)C1. The van der Waals surface area contributed by atoms with Gasteiger partial charge < -0.3 is 14.9 Å². The summed E-state index contributed by atoms with van der Waals surface area (Å²) in [6, 6.07) is 10.1. The summed E-state index contributed by atoms with van der Waals surface area (Å²) in [5.41, 5.74) is 1.89. The highest BCUT2D eigenvalue weighted by atomic mass is 16.3. The van der Waals surface area contributed by atoms with Crippen LogP contribution in [-0.2, 0) is 6.61 Å². The van der Waals surface area contributed by atoms with Crippen LogP contribution in [0.2, 0.25) is 0 Å². The number of benzene rings is 1. The number of anilines is 1. The molecule has 0 spiro atoms. The van der Waals surface area contributed by atoms with Crippen LogP contribution in [0.5, 0.6) is 0 Å². The predicted molar refractivity (Wildman–Crippen MR) is 86.5 cm³/mol. The summed E-state index contributed by atoms with van der Waals surface area (Å²) >= 11 is 0. The minimum absolute atomic E-state index is 0.0298. The summed E-state index contributed by atoms with van der Waals surface area (Å²) in [6.07, 6.45) is 1.24. The summed E-state index contributed by atoms with van der Waals surface area (Å²) < 4.78 is 0. The number of para-hydroxylation sites is 1. The molecular weight excluding hydrogens is 262 g/mol. The molecule has 4 heteroatoms. The number of fused-ring (bicyclic) bond motifs is 1. The van der Waals surface area contributed by atoms with Gasteiger partial charge in [0.1, 0.15) is 5.82 Å². The molecule has 1 aliphatic rings. The summed E-state index contributed by atoms with van der Waals surface area (Å²) in [6.45, 7) is 3.34. The average Bonchev–Trinajstić information content (AvgIpc) is 2.90. The minimum atomic E-state index is 0.0298. The minimum Gasteiger partial charge on any atom is -0.392 e. The Morgan fingerprint density at radius 1 is 1.38 bits per heavy atom. The Kier molecular flexibility index (Phi) is 4.08. The lowest BCUT2D eigenvalue weighted by Gasteiger charge is -2.24. The fourth-order valence-electron chi connectivity index (χ4n) is 3.25. The first-order valence-electron chi connectivity index (χ1n) is 7.56. The van der Waals surface area contributed by atoms with E-state index in [4.69, 9.17) is 4.98 Å². The molecule has 21 heavy (non-hydrogen) atoms. The van der Waals surface area contributed by atoms with Gasteiger partial charge in [-0.1, -0.05) is 18.2 Å². The second-order valence-corrected chi connectivity index (χ2v) is 6.12. The molecule has 112 valence electrons. The van der Waals surface area contributed by atoms with E-state index in [9.17, 15) is 5.11 Å². The smallest absolute Gasteiger partial charge is 0.134 e. The van der Waals surface area contributed by atoms with Crippen LogP contribution in [-0.4, -0.2) is 48.7 Å². The van der Waals surface area contributed by atoms with Gasteiger partial charge in [0.15, 0.2) is 0 Å². The van der Waals surface area contributed by atoms with Crippen LogP contribution in [0.25, 0.3) is 10.9 Å². The molecule has 0 amide bonds. The van der Waals surface area contributed by atoms with Crippen LogP contribution in [0.3, 0.4) is 0 Å². The third-order valence-electron chi connectivity index (χ3n) is 4.33. The van der Waals surface area contributed by atoms with E-state index >= 15 is 0 Å². The molecule has 3 rings (SSSR count). The van der Waals surface area contributed by atoms with Gasteiger partial charge in [-0.2, -0.15) is 0 Å². The molecule has 1 fully saturated rings. The zero-order chi connectivity index (χ0) is 14.8. The fourth-order valence-corrected chi connectivity index (χ4v) is 3.25. The van der Waals surface area contributed by atoms with Crippen LogP contribution < -0.4 is 4.90 Å². The van der Waals surface area contributed by atoms with Gasteiger partial charge in [-0.25, -0.2) is 4.98 Å². The zero-order valence-electron chi connectivity index (χ0n) is 12.8. The number of hydrogen-bond donors (Lipinski definition) is 1. The molecule has 1 saturated heterocycles. The number of aliphatic hydroxyl groups excluding tert-OH is 1. The maximum atomic E-state index is 9.65. The Morgan fingerprint density at radius 3 is 2.90 bits per heavy atom. The number of hydrogen-bond acceptors (Lipinski definition) is 4. The van der Waals surface area contributed by atoms with Gasteiger partial charge in [-0.15, -0.1) is 0 Å². The maximum Gasteiger partial charge on any atom is 0.134 e. The molecule has 1 N–H and O–H groups in total. The second-order valence-electron chi connectivity index (χ2n) is 6.12. The van der Waals surface area contributed by atoms with Crippen molar-refractivity contribution in [2.24, 2.45) is 5.92 Å². The van der Waals surface area contributed by atoms with E-state index in [1.54, 1.807) is 0 Å². The van der Waals surface area contributed by atoms with Crippen molar-refractivity contribution in [2.45, 2.75) is 13.0 Å². The molecule has 1 unspecified atom stereocenters. The van der Waals surface area contributed by atoms with Gasteiger partial charge in [0.25, 0.3) is 0 Å². The molecule has 2 heterocycles. The highest BCUT2D eigenvalue weighted by Crippen LogP contribution is 2.25. The van der Waals surface area contributed by atoms with Crippen molar-refractivity contribution in [3.8, 4) is 0 Å². The number of pyridine rings is 1. The van der Waals surface area contributed by atoms with E-state index in [1.807, 2.05) is 24.3 Å². The van der Waals surface area contributed by atoms with Crippen molar-refractivity contribution in [1.29, 1.82) is 0 Å². The fraction of sp³-hybridized carbons (Fsp3) is 0.471. The largest absolute Gasteiger partial charge is 0.392 e. The van der Waals surface area contributed by atoms with Crippen LogP contribution in [0.1, 0.15) is 12.0 Å². The summed E-state index contributed by atoms with van der Waals surface area (Å²) in [7, 11) is 4.25. The van der Waals surface area contributed by atoms with Gasteiger partial charge in [-0.3, -0.25) is 0 Å². The summed E-state index contributed by atoms with van der Waals surface area (Å²) in [5.74, 6) is 1.59. The first-order valence-corrected chi connectivity index (χ1v) is 7.56. The summed E-state index contributed by atoms with van der Waals surface area (Å²) in [5, 5.41) is 10.7. The van der Waals surface area contributed by atoms with Crippen molar-refractivity contribution in [2.75, 3.05) is 38.6 Å². The molecule has 1 aliphatic heterocycles. The molecule has 2 aromatic rings. The van der Waals surface area contributed by atoms with Crippen LogP contribution in [0.4, 0.5) is 5.82 Å². The van der Waals surface area contributed by atoms with Gasteiger partial charge in [0.2, 0.25) is 0 Å². The molecule has 0 bridgehead atoms. The molecule has 1 aromatic heterocycles. The number of likely N-dealkylation sites (tertiary alicyclic amines) is 1. The van der Waals surface area contributed by atoms with Crippen LogP contribution in [0, 0.1) is 5.92 Å². The molecule has 0 saturated carbocycles. The quantitative estimate of drug-likeness (QED) is 0.934. The molecule has 4 nitrogen and oxygen atoms in total. The average molecular weight is 285 g/mol. The van der Waals surface area contributed by atoms with Crippen molar-refractivity contribution < 1.29 is 5.11 Å². The number of aromatic nitrogens is 1. The topological polar surface area (TPSA) is 39.6 Å². The molecule has 0 aliphatic carbocycles. The van der Waals surface area contributed by atoms with Crippen molar-refractivity contribution in [3.63, 3.8) is 0 Å². The first-order chi connectivity index (χ1) is 10.2.